The molecule has 4 rings (SSSR count). The van der Waals surface area contributed by atoms with Gasteiger partial charge in [0, 0.05) is 47.7 Å². The van der Waals surface area contributed by atoms with E-state index in [9.17, 15) is 4.39 Å². The molecule has 0 aliphatic rings. The van der Waals surface area contributed by atoms with Crippen molar-refractivity contribution in [1.82, 2.24) is 15.0 Å². The number of halogens is 1. The van der Waals surface area contributed by atoms with Crippen LogP contribution in [0.4, 0.5) is 10.1 Å². The summed E-state index contributed by atoms with van der Waals surface area (Å²) in [5.74, 6) is 0.0947. The third kappa shape index (κ3) is 2.44. The second kappa shape index (κ2) is 5.66. The summed E-state index contributed by atoms with van der Waals surface area (Å²) in [6.45, 7) is 0. The quantitative estimate of drug-likeness (QED) is 0.556. The first kappa shape index (κ1) is 14.2. The molecule has 0 fully saturated rings. The summed E-state index contributed by atoms with van der Waals surface area (Å²) in [4.78, 5) is 11.5. The van der Waals surface area contributed by atoms with Crippen molar-refractivity contribution in [2.24, 2.45) is 0 Å². The summed E-state index contributed by atoms with van der Waals surface area (Å²) in [6.07, 6.45) is 6.90. The Labute approximate surface area is 136 Å². The van der Waals surface area contributed by atoms with Crippen LogP contribution in [0.15, 0.2) is 61.2 Å². The van der Waals surface area contributed by atoms with E-state index in [1.807, 2.05) is 18.3 Å². The molecular weight excluding hydrogens is 307 g/mol. The number of nitrogens with two attached hydrogens (primary N) is 1. The topological polar surface area (TPSA) is 76.8 Å². The van der Waals surface area contributed by atoms with Crippen LogP contribution in [0.5, 0.6) is 11.5 Å². The average molecular weight is 320 g/mol. The first-order valence-corrected chi connectivity index (χ1v) is 7.32. The fraction of sp³-hybridized carbons (Fsp3) is 0. The van der Waals surface area contributed by atoms with Crippen molar-refractivity contribution in [3.8, 4) is 22.6 Å². The lowest BCUT2D eigenvalue weighted by atomic mass is 10.1. The smallest absolute Gasteiger partial charge is 0.167 e. The molecule has 24 heavy (non-hydrogen) atoms. The highest BCUT2D eigenvalue weighted by Crippen LogP contribution is 2.37. The van der Waals surface area contributed by atoms with Gasteiger partial charge in [0.1, 0.15) is 11.4 Å². The lowest BCUT2D eigenvalue weighted by Crippen LogP contribution is -1.92. The maximum absolute atomic E-state index is 14.0. The summed E-state index contributed by atoms with van der Waals surface area (Å²) >= 11 is 0. The van der Waals surface area contributed by atoms with E-state index in [-0.39, 0.29) is 5.75 Å². The Kier molecular flexibility index (Phi) is 3.35. The molecule has 0 radical (unpaired) electrons. The predicted octanol–water partition coefficient (Wildman–Crippen LogP) is 4.14. The number of nitrogens with zero attached hydrogens (tertiary/aromatic N) is 2. The van der Waals surface area contributed by atoms with E-state index in [1.165, 1.54) is 12.1 Å². The van der Waals surface area contributed by atoms with Crippen LogP contribution in [0.2, 0.25) is 0 Å². The number of aromatic amines is 1. The van der Waals surface area contributed by atoms with E-state index in [2.05, 4.69) is 15.0 Å². The van der Waals surface area contributed by atoms with E-state index in [1.54, 1.807) is 30.7 Å². The monoisotopic (exact) mass is 320 g/mol. The Bertz CT molecular complexity index is 1010. The van der Waals surface area contributed by atoms with Crippen molar-refractivity contribution in [3.63, 3.8) is 0 Å². The van der Waals surface area contributed by atoms with Crippen molar-refractivity contribution in [1.29, 1.82) is 0 Å². The largest absolute Gasteiger partial charge is 0.453 e. The number of nitrogens with one attached hydrogen (secondary N) is 1. The molecule has 0 saturated heterocycles. The standard InChI is InChI=1S/C18H13FN4O/c19-14-8-12(20)3-4-15(14)24-16-5-7-22-18-17(16)13(10-23-18)11-2-1-6-21-9-11/h1-10H,20H2,(H,22,23). The van der Waals surface area contributed by atoms with E-state index >= 15 is 0 Å². The maximum Gasteiger partial charge on any atom is 0.167 e. The van der Waals surface area contributed by atoms with E-state index in [0.717, 1.165) is 16.5 Å². The fourth-order valence-corrected chi connectivity index (χ4v) is 2.58. The molecular formula is C18H13FN4O. The Balaban J connectivity index is 1.85. The second-order valence-electron chi connectivity index (χ2n) is 5.27. The number of hydrogen-bond acceptors (Lipinski definition) is 4. The van der Waals surface area contributed by atoms with E-state index in [0.29, 0.717) is 17.1 Å². The number of hydrogen-bond donors (Lipinski definition) is 2. The Hall–Kier alpha value is -3.41. The van der Waals surface area contributed by atoms with Crippen LogP contribution in [0, 0.1) is 5.82 Å². The molecule has 0 unspecified atom stereocenters. The molecule has 6 heteroatoms. The summed E-state index contributed by atoms with van der Waals surface area (Å²) in [6, 6.07) is 9.82. The van der Waals surface area contributed by atoms with Gasteiger partial charge in [0.15, 0.2) is 11.6 Å². The van der Waals surface area contributed by atoms with Gasteiger partial charge in [-0.1, -0.05) is 6.07 Å². The average Bonchev–Trinajstić information content (AvgIpc) is 3.03. The number of nitrogen functional groups attached to an aromatic ring is 1. The Morgan fingerprint density at radius 1 is 1.08 bits per heavy atom. The summed E-state index contributed by atoms with van der Waals surface area (Å²) in [7, 11) is 0. The molecule has 0 aliphatic heterocycles. The molecule has 1 aromatic carbocycles. The number of benzene rings is 1. The number of rotatable bonds is 3. The zero-order valence-electron chi connectivity index (χ0n) is 12.5. The van der Waals surface area contributed by atoms with Gasteiger partial charge < -0.3 is 15.5 Å². The second-order valence-corrected chi connectivity index (χ2v) is 5.27. The van der Waals surface area contributed by atoms with Gasteiger partial charge in [-0.15, -0.1) is 0 Å². The minimum atomic E-state index is -0.515. The van der Waals surface area contributed by atoms with Crippen molar-refractivity contribution in [3.05, 3.63) is 67.0 Å². The lowest BCUT2D eigenvalue weighted by molar-refractivity contribution is 0.446. The lowest BCUT2D eigenvalue weighted by Gasteiger charge is -2.09. The minimum Gasteiger partial charge on any atom is -0.453 e. The first-order valence-electron chi connectivity index (χ1n) is 7.32. The molecule has 0 bridgehead atoms. The summed E-state index contributed by atoms with van der Waals surface area (Å²) < 4.78 is 19.8. The molecule has 3 aromatic heterocycles. The Morgan fingerprint density at radius 3 is 2.79 bits per heavy atom. The highest BCUT2D eigenvalue weighted by molar-refractivity contribution is 5.98. The third-order valence-electron chi connectivity index (χ3n) is 3.68. The van der Waals surface area contributed by atoms with Gasteiger partial charge in [-0.2, -0.15) is 0 Å². The number of H-pyrrole nitrogens is 1. The zero-order chi connectivity index (χ0) is 16.5. The number of fused-ring (bicyclic) bond motifs is 1. The van der Waals surface area contributed by atoms with Crippen LogP contribution in [0.3, 0.4) is 0 Å². The van der Waals surface area contributed by atoms with Crippen molar-refractivity contribution >= 4 is 16.7 Å². The molecule has 118 valence electrons. The molecule has 5 nitrogen and oxygen atoms in total. The molecule has 0 spiro atoms. The molecule has 0 saturated carbocycles. The zero-order valence-corrected chi connectivity index (χ0v) is 12.5. The number of aromatic nitrogens is 3. The normalized spacial score (nSPS) is 10.9. The van der Waals surface area contributed by atoms with Gasteiger partial charge in [-0.05, 0) is 24.3 Å². The summed E-state index contributed by atoms with van der Waals surface area (Å²) in [5, 5.41) is 0.765. The number of anilines is 1. The van der Waals surface area contributed by atoms with Gasteiger partial charge >= 0.3 is 0 Å². The number of pyridine rings is 2. The molecule has 3 N–H and O–H groups in total. The van der Waals surface area contributed by atoms with Crippen LogP contribution in [0.1, 0.15) is 0 Å². The molecule has 0 atom stereocenters. The van der Waals surface area contributed by atoms with Gasteiger partial charge in [0.2, 0.25) is 0 Å². The van der Waals surface area contributed by atoms with E-state index < -0.39 is 5.82 Å². The highest BCUT2D eigenvalue weighted by atomic mass is 19.1. The molecule has 0 amide bonds. The first-order chi connectivity index (χ1) is 11.7. The van der Waals surface area contributed by atoms with Crippen LogP contribution < -0.4 is 10.5 Å². The van der Waals surface area contributed by atoms with Crippen LogP contribution in [-0.4, -0.2) is 15.0 Å². The SMILES string of the molecule is Nc1ccc(Oc2ccnc3[nH]cc(-c4cccnc4)c23)c(F)c1. The van der Waals surface area contributed by atoms with Gasteiger partial charge in [0.05, 0.1) is 5.39 Å². The Morgan fingerprint density at radius 2 is 2.00 bits per heavy atom. The highest BCUT2D eigenvalue weighted by Gasteiger charge is 2.14. The fourth-order valence-electron chi connectivity index (χ4n) is 2.58. The maximum atomic E-state index is 14.0. The van der Waals surface area contributed by atoms with Gasteiger partial charge in [0.25, 0.3) is 0 Å². The van der Waals surface area contributed by atoms with Crippen LogP contribution in [-0.2, 0) is 0 Å². The number of ether oxygens (including phenoxy) is 1. The third-order valence-corrected chi connectivity index (χ3v) is 3.68. The summed E-state index contributed by atoms with van der Waals surface area (Å²) in [5.41, 5.74) is 8.38. The van der Waals surface area contributed by atoms with Gasteiger partial charge in [-0.3, -0.25) is 4.98 Å². The minimum absolute atomic E-state index is 0.107. The van der Waals surface area contributed by atoms with E-state index in [4.69, 9.17) is 10.5 Å². The van der Waals surface area contributed by atoms with Crippen molar-refractivity contribution in [2.75, 3.05) is 5.73 Å². The van der Waals surface area contributed by atoms with Crippen molar-refractivity contribution < 1.29 is 9.13 Å². The molecule has 0 aliphatic carbocycles. The van der Waals surface area contributed by atoms with Crippen molar-refractivity contribution in [2.45, 2.75) is 0 Å². The van der Waals surface area contributed by atoms with Crippen LogP contribution in [0.25, 0.3) is 22.2 Å². The molecule has 3 heterocycles. The van der Waals surface area contributed by atoms with Crippen LogP contribution >= 0.6 is 0 Å². The molecule has 4 aromatic rings. The van der Waals surface area contributed by atoms with Gasteiger partial charge in [-0.25, -0.2) is 9.37 Å². The predicted molar refractivity (Wildman–Crippen MR) is 90.2 cm³/mol.